The van der Waals surface area contributed by atoms with Crippen molar-refractivity contribution in [2.75, 3.05) is 13.1 Å². The average Bonchev–Trinajstić information content (AvgIpc) is 2.68. The van der Waals surface area contributed by atoms with Crippen molar-refractivity contribution >= 4 is 33.6 Å². The number of amides is 1. The number of sulfonamides is 1. The first kappa shape index (κ1) is 20.6. The van der Waals surface area contributed by atoms with Gasteiger partial charge in [0.25, 0.3) is 0 Å². The second kappa shape index (κ2) is 8.90. The van der Waals surface area contributed by atoms with Gasteiger partial charge in [-0.15, -0.1) is 0 Å². The molecule has 0 radical (unpaired) electrons. The second-order valence-corrected chi connectivity index (χ2v) is 9.18. The monoisotopic (exact) mass is 418 g/mol. The highest BCUT2D eigenvalue weighted by Gasteiger charge is 2.37. The molecule has 0 bridgehead atoms. The van der Waals surface area contributed by atoms with E-state index in [4.69, 9.17) is 11.6 Å². The van der Waals surface area contributed by atoms with Crippen LogP contribution in [0.15, 0.2) is 65.1 Å². The molecular weight excluding hydrogens is 396 g/mol. The SMILES string of the molecule is C/C(=C\c1ccccc1)CN(C1CCCNC1=O)S(=O)(=O)c1ccc(Cl)cc1. The van der Waals surface area contributed by atoms with Gasteiger partial charge in [0.15, 0.2) is 0 Å². The highest BCUT2D eigenvalue weighted by atomic mass is 35.5. The van der Waals surface area contributed by atoms with Gasteiger partial charge < -0.3 is 5.32 Å². The van der Waals surface area contributed by atoms with E-state index in [1.807, 2.05) is 43.3 Å². The second-order valence-electron chi connectivity index (χ2n) is 6.85. The average molecular weight is 419 g/mol. The fourth-order valence-corrected chi connectivity index (χ4v) is 5.05. The largest absolute Gasteiger partial charge is 0.355 e. The number of carbonyl (C=O) groups is 1. The minimum atomic E-state index is -3.86. The smallest absolute Gasteiger partial charge is 0.244 e. The van der Waals surface area contributed by atoms with E-state index in [2.05, 4.69) is 5.32 Å². The van der Waals surface area contributed by atoms with Gasteiger partial charge in [0, 0.05) is 18.1 Å². The summed E-state index contributed by atoms with van der Waals surface area (Å²) >= 11 is 5.91. The fraction of sp³-hybridized carbons (Fsp3) is 0.286. The van der Waals surface area contributed by atoms with Crippen LogP contribution in [0, 0.1) is 0 Å². The predicted molar refractivity (Wildman–Crippen MR) is 111 cm³/mol. The molecule has 1 fully saturated rings. The third-order valence-corrected chi connectivity index (χ3v) is 6.76. The van der Waals surface area contributed by atoms with E-state index in [0.717, 1.165) is 17.6 Å². The van der Waals surface area contributed by atoms with Gasteiger partial charge in [-0.05, 0) is 49.6 Å². The molecule has 1 aliphatic rings. The Morgan fingerprint density at radius 3 is 2.50 bits per heavy atom. The number of hydrogen-bond donors (Lipinski definition) is 1. The lowest BCUT2D eigenvalue weighted by atomic mass is 10.1. The molecule has 5 nitrogen and oxygen atoms in total. The minimum Gasteiger partial charge on any atom is -0.355 e. The summed E-state index contributed by atoms with van der Waals surface area (Å²) in [6.07, 6.45) is 3.17. The molecule has 1 atom stereocenters. The van der Waals surface area contributed by atoms with Crippen LogP contribution >= 0.6 is 11.6 Å². The molecule has 0 aliphatic carbocycles. The number of benzene rings is 2. The maximum absolute atomic E-state index is 13.4. The van der Waals surface area contributed by atoms with Crippen molar-refractivity contribution in [3.63, 3.8) is 0 Å². The highest BCUT2D eigenvalue weighted by Crippen LogP contribution is 2.25. The maximum atomic E-state index is 13.4. The molecular formula is C21H23ClN2O3S. The van der Waals surface area contributed by atoms with Crippen LogP contribution in [0.1, 0.15) is 25.3 Å². The van der Waals surface area contributed by atoms with Gasteiger partial charge in [0.1, 0.15) is 6.04 Å². The molecule has 2 aromatic carbocycles. The molecule has 1 aliphatic heterocycles. The standard InChI is InChI=1S/C21H23ClN2O3S/c1-16(14-17-6-3-2-4-7-17)15-24(20-8-5-13-23-21(20)25)28(26,27)19-11-9-18(22)10-12-19/h2-4,6-7,9-12,14,20H,5,8,13,15H2,1H3,(H,23,25)/b16-14+. The first-order chi connectivity index (χ1) is 13.4. The number of carbonyl (C=O) groups excluding carboxylic acids is 1. The molecule has 1 amide bonds. The molecule has 1 N–H and O–H groups in total. The van der Waals surface area contributed by atoms with Gasteiger partial charge in [0.2, 0.25) is 15.9 Å². The van der Waals surface area contributed by atoms with E-state index in [1.54, 1.807) is 12.1 Å². The summed E-state index contributed by atoms with van der Waals surface area (Å²) in [5.41, 5.74) is 1.83. The van der Waals surface area contributed by atoms with Crippen LogP contribution in [0.2, 0.25) is 5.02 Å². The Hall–Kier alpha value is -2.15. The van der Waals surface area contributed by atoms with Gasteiger partial charge in [-0.1, -0.05) is 53.6 Å². The first-order valence-electron chi connectivity index (χ1n) is 9.15. The van der Waals surface area contributed by atoms with Crippen molar-refractivity contribution in [2.24, 2.45) is 0 Å². The normalized spacial score (nSPS) is 18.2. The molecule has 0 aromatic heterocycles. The summed E-state index contributed by atoms with van der Waals surface area (Å²) in [5, 5.41) is 3.24. The zero-order chi connectivity index (χ0) is 20.1. The number of nitrogens with zero attached hydrogens (tertiary/aromatic N) is 1. The Balaban J connectivity index is 1.96. The first-order valence-corrected chi connectivity index (χ1v) is 11.0. The number of halogens is 1. The van der Waals surface area contributed by atoms with Gasteiger partial charge >= 0.3 is 0 Å². The third-order valence-electron chi connectivity index (χ3n) is 4.64. The Morgan fingerprint density at radius 1 is 1.18 bits per heavy atom. The van der Waals surface area contributed by atoms with Crippen LogP contribution in [-0.2, 0) is 14.8 Å². The van der Waals surface area contributed by atoms with Crippen molar-refractivity contribution in [3.8, 4) is 0 Å². The highest BCUT2D eigenvalue weighted by molar-refractivity contribution is 7.89. The van der Waals surface area contributed by atoms with E-state index in [0.29, 0.717) is 18.0 Å². The van der Waals surface area contributed by atoms with Crippen LogP contribution < -0.4 is 5.32 Å². The molecule has 0 spiro atoms. The topological polar surface area (TPSA) is 66.5 Å². The summed E-state index contributed by atoms with van der Waals surface area (Å²) in [7, 11) is -3.86. The van der Waals surface area contributed by atoms with Crippen LogP contribution in [0.25, 0.3) is 6.08 Å². The van der Waals surface area contributed by atoms with E-state index in [1.165, 1.54) is 16.4 Å². The van der Waals surface area contributed by atoms with Gasteiger partial charge in [-0.25, -0.2) is 8.42 Å². The Morgan fingerprint density at radius 2 is 1.86 bits per heavy atom. The maximum Gasteiger partial charge on any atom is 0.244 e. The molecule has 0 saturated carbocycles. The molecule has 7 heteroatoms. The van der Waals surface area contributed by atoms with Gasteiger partial charge in [-0.2, -0.15) is 4.31 Å². The van der Waals surface area contributed by atoms with Crippen molar-refractivity contribution in [2.45, 2.75) is 30.7 Å². The van der Waals surface area contributed by atoms with E-state index in [-0.39, 0.29) is 17.3 Å². The lowest BCUT2D eigenvalue weighted by Crippen LogP contribution is -2.52. The van der Waals surface area contributed by atoms with Crippen molar-refractivity contribution in [1.29, 1.82) is 0 Å². The summed E-state index contributed by atoms with van der Waals surface area (Å²) in [6.45, 7) is 2.58. The number of nitrogens with one attached hydrogen (secondary N) is 1. The minimum absolute atomic E-state index is 0.128. The van der Waals surface area contributed by atoms with Crippen molar-refractivity contribution in [3.05, 3.63) is 70.8 Å². The fourth-order valence-electron chi connectivity index (χ4n) is 3.26. The molecule has 1 saturated heterocycles. The van der Waals surface area contributed by atoms with Crippen LogP contribution in [-0.4, -0.2) is 37.8 Å². The van der Waals surface area contributed by atoms with Crippen molar-refractivity contribution < 1.29 is 13.2 Å². The number of hydrogen-bond acceptors (Lipinski definition) is 3. The predicted octanol–water partition coefficient (Wildman–Crippen LogP) is 3.71. The van der Waals surface area contributed by atoms with Crippen LogP contribution in [0.4, 0.5) is 0 Å². The number of rotatable bonds is 6. The quantitative estimate of drug-likeness (QED) is 0.777. The molecule has 3 rings (SSSR count). The zero-order valence-corrected chi connectivity index (χ0v) is 17.2. The summed E-state index contributed by atoms with van der Waals surface area (Å²) in [5.74, 6) is -0.253. The lowest BCUT2D eigenvalue weighted by Gasteiger charge is -2.33. The van der Waals surface area contributed by atoms with Crippen LogP contribution in [0.3, 0.4) is 0 Å². The van der Waals surface area contributed by atoms with E-state index in [9.17, 15) is 13.2 Å². The van der Waals surface area contributed by atoms with E-state index >= 15 is 0 Å². The summed E-state index contributed by atoms with van der Waals surface area (Å²) in [4.78, 5) is 12.6. The lowest BCUT2D eigenvalue weighted by molar-refractivity contribution is -0.126. The van der Waals surface area contributed by atoms with Crippen molar-refractivity contribution in [1.82, 2.24) is 9.62 Å². The van der Waals surface area contributed by atoms with Crippen LogP contribution in [0.5, 0.6) is 0 Å². The zero-order valence-electron chi connectivity index (χ0n) is 15.6. The molecule has 2 aromatic rings. The van der Waals surface area contributed by atoms with E-state index < -0.39 is 16.1 Å². The summed E-state index contributed by atoms with van der Waals surface area (Å²) in [6, 6.07) is 15.0. The van der Waals surface area contributed by atoms with Gasteiger partial charge in [0.05, 0.1) is 4.90 Å². The molecule has 148 valence electrons. The van der Waals surface area contributed by atoms with Gasteiger partial charge in [-0.3, -0.25) is 4.79 Å². The molecule has 1 unspecified atom stereocenters. The Bertz CT molecular complexity index is 957. The molecule has 28 heavy (non-hydrogen) atoms. The summed E-state index contributed by atoms with van der Waals surface area (Å²) < 4.78 is 28.0. The molecule has 1 heterocycles. The number of piperidine rings is 1. The Labute approximate surface area is 171 Å². The Kier molecular flexibility index (Phi) is 6.54. The third kappa shape index (κ3) is 4.82.